The van der Waals surface area contributed by atoms with Crippen LogP contribution < -0.4 is 10.2 Å². The van der Waals surface area contributed by atoms with Crippen LogP contribution in [0.15, 0.2) is 28.7 Å². The molecular weight excluding hydrogens is 426 g/mol. The molecule has 0 saturated carbocycles. The van der Waals surface area contributed by atoms with Crippen LogP contribution in [-0.4, -0.2) is 46.7 Å². The Morgan fingerprint density at radius 1 is 1.24 bits per heavy atom. The van der Waals surface area contributed by atoms with Crippen molar-refractivity contribution in [1.82, 2.24) is 9.55 Å². The maximum atomic E-state index is 12.9. The number of anilines is 2. The minimum atomic E-state index is -0.670. The van der Waals surface area contributed by atoms with Crippen LogP contribution >= 0.6 is 0 Å². The Morgan fingerprint density at radius 2 is 1.97 bits per heavy atom. The van der Waals surface area contributed by atoms with Gasteiger partial charge in [0.05, 0.1) is 41.7 Å². The zero-order valence-electron chi connectivity index (χ0n) is 19.4. The summed E-state index contributed by atoms with van der Waals surface area (Å²) in [5, 5.41) is 13.8. The van der Waals surface area contributed by atoms with E-state index in [0.717, 1.165) is 35.4 Å². The third-order valence-electron chi connectivity index (χ3n) is 5.58. The lowest BCUT2D eigenvalue weighted by Crippen LogP contribution is -2.37. The van der Waals surface area contributed by atoms with Gasteiger partial charge in [0.2, 0.25) is 0 Å². The number of hydrogen-bond donors (Lipinski definition) is 1. The highest BCUT2D eigenvalue weighted by atomic mass is 16.6. The first-order valence-electron chi connectivity index (χ1n) is 11.1. The van der Waals surface area contributed by atoms with Crippen molar-refractivity contribution >= 4 is 34.2 Å². The Bertz CT molecular complexity index is 1180. The second-order valence-electron chi connectivity index (χ2n) is 9.09. The average molecular weight is 456 g/mol. The van der Waals surface area contributed by atoms with E-state index in [2.05, 4.69) is 48.5 Å². The molecule has 0 radical (unpaired) electrons. The second-order valence-corrected chi connectivity index (χ2v) is 9.09. The number of nitro groups is 1. The first-order chi connectivity index (χ1) is 15.7. The van der Waals surface area contributed by atoms with Gasteiger partial charge in [0.15, 0.2) is 5.76 Å². The molecule has 1 saturated heterocycles. The summed E-state index contributed by atoms with van der Waals surface area (Å²) < 4.78 is 12.9. The number of fused-ring (bicyclic) bond motifs is 1. The van der Waals surface area contributed by atoms with E-state index in [4.69, 9.17) is 14.1 Å². The molecule has 1 aromatic carbocycles. The van der Waals surface area contributed by atoms with Crippen molar-refractivity contribution < 1.29 is 18.9 Å². The third-order valence-corrected chi connectivity index (χ3v) is 5.58. The summed E-state index contributed by atoms with van der Waals surface area (Å²) in [5.74, 6) is -0.155. The van der Waals surface area contributed by atoms with E-state index in [1.54, 1.807) is 0 Å². The zero-order chi connectivity index (χ0) is 23.8. The molecule has 1 fully saturated rings. The number of furan rings is 1. The number of ether oxygens (including phenoxy) is 1. The highest BCUT2D eigenvalue weighted by Crippen LogP contribution is 2.35. The number of aryl methyl sites for hydroxylation is 1. The molecule has 1 aliphatic heterocycles. The summed E-state index contributed by atoms with van der Waals surface area (Å²) in [6.07, 6.45) is 1.81. The van der Waals surface area contributed by atoms with Gasteiger partial charge >= 0.3 is 5.88 Å². The highest BCUT2D eigenvalue weighted by molar-refractivity contribution is 6.06. The molecule has 10 nitrogen and oxygen atoms in total. The van der Waals surface area contributed by atoms with Gasteiger partial charge in [-0.05, 0) is 45.4 Å². The highest BCUT2D eigenvalue weighted by Gasteiger charge is 2.26. The lowest BCUT2D eigenvalue weighted by molar-refractivity contribution is -0.402. The van der Waals surface area contributed by atoms with E-state index in [-0.39, 0.29) is 11.3 Å². The smallest absolute Gasteiger partial charge is 0.395 e. The SMILES string of the molecule is CCCc1nc2cc(NC(=O)c3ccc([N+](=O)[O-])o3)c(N3CCOCC3)cc2n1C(C)(C)C. The van der Waals surface area contributed by atoms with Gasteiger partial charge in [-0.3, -0.25) is 14.9 Å². The molecular formula is C23H29N5O5. The molecule has 10 heteroatoms. The molecule has 4 rings (SSSR count). The predicted octanol–water partition coefficient (Wildman–Crippen LogP) is 4.33. The Hall–Kier alpha value is -3.40. The number of morpholine rings is 1. The van der Waals surface area contributed by atoms with Gasteiger partial charge < -0.3 is 23.9 Å². The standard InChI is InChI=1S/C23H29N5O5/c1-5-6-20-24-16-13-15(25-22(29)19-7-8-21(33-19)28(30)31)17(26-9-11-32-12-10-26)14-18(16)27(20)23(2,3)4/h7-8,13-14H,5-6,9-12H2,1-4H3,(H,25,29). The van der Waals surface area contributed by atoms with Gasteiger partial charge in [-0.25, -0.2) is 4.98 Å². The largest absolute Gasteiger partial charge is 0.433 e. The van der Waals surface area contributed by atoms with Gasteiger partial charge in [0.1, 0.15) is 10.7 Å². The molecule has 176 valence electrons. The zero-order valence-corrected chi connectivity index (χ0v) is 19.4. The first kappa shape index (κ1) is 22.8. The minimum Gasteiger partial charge on any atom is -0.395 e. The molecule has 2 aromatic heterocycles. The number of nitrogens with one attached hydrogen (secondary N) is 1. The Labute approximate surface area is 191 Å². The fraction of sp³-hybridized carbons (Fsp3) is 0.478. The van der Waals surface area contributed by atoms with Gasteiger partial charge in [0.25, 0.3) is 5.91 Å². The first-order valence-corrected chi connectivity index (χ1v) is 11.1. The summed E-state index contributed by atoms with van der Waals surface area (Å²) in [4.78, 5) is 30.2. The fourth-order valence-corrected chi connectivity index (χ4v) is 4.20. The Kier molecular flexibility index (Phi) is 6.11. The van der Waals surface area contributed by atoms with E-state index < -0.39 is 16.7 Å². The van der Waals surface area contributed by atoms with Crippen molar-refractivity contribution in [2.75, 3.05) is 36.5 Å². The lowest BCUT2D eigenvalue weighted by Gasteiger charge is -2.31. The van der Waals surface area contributed by atoms with Crippen molar-refractivity contribution in [3.05, 3.63) is 46.0 Å². The minimum absolute atomic E-state index is 0.124. The van der Waals surface area contributed by atoms with Crippen molar-refractivity contribution in [2.45, 2.75) is 46.1 Å². The predicted molar refractivity (Wildman–Crippen MR) is 125 cm³/mol. The van der Waals surface area contributed by atoms with Crippen LogP contribution in [0.25, 0.3) is 11.0 Å². The summed E-state index contributed by atoms with van der Waals surface area (Å²) in [6.45, 7) is 11.1. The molecule has 0 bridgehead atoms. The average Bonchev–Trinajstić information content (AvgIpc) is 3.38. The van der Waals surface area contributed by atoms with E-state index in [0.29, 0.717) is 32.0 Å². The third kappa shape index (κ3) is 4.56. The van der Waals surface area contributed by atoms with Gasteiger partial charge in [-0.15, -0.1) is 0 Å². The van der Waals surface area contributed by atoms with Gasteiger partial charge in [-0.1, -0.05) is 6.92 Å². The number of hydrogen-bond acceptors (Lipinski definition) is 7. The van der Waals surface area contributed by atoms with E-state index in [1.165, 1.54) is 12.1 Å². The molecule has 0 atom stereocenters. The molecule has 33 heavy (non-hydrogen) atoms. The summed E-state index contributed by atoms with van der Waals surface area (Å²) in [5.41, 5.74) is 3.05. The van der Waals surface area contributed by atoms with Crippen molar-refractivity contribution in [3.63, 3.8) is 0 Å². The van der Waals surface area contributed by atoms with Crippen LogP contribution in [0, 0.1) is 10.1 Å². The van der Waals surface area contributed by atoms with Crippen LogP contribution in [0.5, 0.6) is 0 Å². The number of aromatic nitrogens is 2. The van der Waals surface area contributed by atoms with E-state index in [9.17, 15) is 14.9 Å². The van der Waals surface area contributed by atoms with Crippen LogP contribution in [0.2, 0.25) is 0 Å². The summed E-state index contributed by atoms with van der Waals surface area (Å²) in [7, 11) is 0. The van der Waals surface area contributed by atoms with E-state index in [1.807, 2.05) is 6.07 Å². The number of imidazole rings is 1. The number of carbonyl (C=O) groups is 1. The maximum absolute atomic E-state index is 12.9. The number of carbonyl (C=O) groups excluding carboxylic acids is 1. The van der Waals surface area contributed by atoms with Gasteiger partial charge in [0, 0.05) is 25.0 Å². The van der Waals surface area contributed by atoms with Crippen LogP contribution in [-0.2, 0) is 16.7 Å². The van der Waals surface area contributed by atoms with E-state index >= 15 is 0 Å². The number of amides is 1. The summed E-state index contributed by atoms with van der Waals surface area (Å²) in [6, 6.07) is 6.41. The Morgan fingerprint density at radius 3 is 2.58 bits per heavy atom. The lowest BCUT2D eigenvalue weighted by atomic mass is 10.1. The number of nitrogens with zero attached hydrogens (tertiary/aromatic N) is 4. The van der Waals surface area contributed by atoms with Crippen molar-refractivity contribution in [2.24, 2.45) is 0 Å². The van der Waals surface area contributed by atoms with Crippen LogP contribution in [0.1, 0.15) is 50.5 Å². The van der Waals surface area contributed by atoms with Crippen molar-refractivity contribution in [3.8, 4) is 0 Å². The quantitative estimate of drug-likeness (QED) is 0.434. The molecule has 3 aromatic rings. The normalized spacial score (nSPS) is 14.6. The maximum Gasteiger partial charge on any atom is 0.433 e. The fourth-order valence-electron chi connectivity index (χ4n) is 4.20. The molecule has 0 unspecified atom stereocenters. The molecule has 0 aliphatic carbocycles. The topological polar surface area (TPSA) is 116 Å². The Balaban J connectivity index is 1.81. The summed E-state index contributed by atoms with van der Waals surface area (Å²) >= 11 is 0. The van der Waals surface area contributed by atoms with Crippen molar-refractivity contribution in [1.29, 1.82) is 0 Å². The molecule has 1 amide bonds. The molecule has 3 heterocycles. The van der Waals surface area contributed by atoms with Crippen LogP contribution in [0.3, 0.4) is 0 Å². The van der Waals surface area contributed by atoms with Crippen LogP contribution in [0.4, 0.5) is 17.3 Å². The second kappa shape index (κ2) is 8.86. The molecule has 1 N–H and O–H groups in total. The molecule has 1 aliphatic rings. The molecule has 0 spiro atoms. The monoisotopic (exact) mass is 455 g/mol. The van der Waals surface area contributed by atoms with Gasteiger partial charge in [-0.2, -0.15) is 0 Å². The number of benzene rings is 1. The number of rotatable bonds is 6.